The highest BCUT2D eigenvalue weighted by Crippen LogP contribution is 2.07. The van der Waals surface area contributed by atoms with Gasteiger partial charge in [0, 0.05) is 5.56 Å². The number of Topliss-reactive ketones (excluding diaryl/α,β-unsaturated/α-hetero) is 1. The molecule has 0 amide bonds. The Bertz CT molecular complexity index is 357. The molecule has 1 aromatic carbocycles. The molecule has 0 aliphatic carbocycles. The van der Waals surface area contributed by atoms with Gasteiger partial charge in [0.05, 0.1) is 6.61 Å². The molecule has 0 unspecified atom stereocenters. The Kier molecular flexibility index (Phi) is 3.97. The van der Waals surface area contributed by atoms with E-state index in [1.54, 1.807) is 6.92 Å². The molecule has 1 aromatic rings. The van der Waals surface area contributed by atoms with E-state index in [9.17, 15) is 14.0 Å². The molecule has 0 heterocycles. The first-order valence-electron chi connectivity index (χ1n) is 4.55. The fraction of sp³-hybridized carbons (Fsp3) is 0.273. The number of rotatable bonds is 4. The summed E-state index contributed by atoms with van der Waals surface area (Å²) in [5.41, 5.74) is 0.682. The van der Waals surface area contributed by atoms with Crippen LogP contribution in [0.4, 0.5) is 4.39 Å². The van der Waals surface area contributed by atoms with Crippen molar-refractivity contribution in [3.05, 3.63) is 35.4 Å². The summed E-state index contributed by atoms with van der Waals surface area (Å²) in [7, 11) is 0. The van der Waals surface area contributed by atoms with Crippen LogP contribution in [0, 0.1) is 0 Å². The van der Waals surface area contributed by atoms with E-state index in [0.29, 0.717) is 5.56 Å². The summed E-state index contributed by atoms with van der Waals surface area (Å²) in [6.45, 7) is 1.19. The summed E-state index contributed by atoms with van der Waals surface area (Å²) in [6, 6.07) is 5.75. The van der Waals surface area contributed by atoms with Gasteiger partial charge < -0.3 is 4.74 Å². The predicted octanol–water partition coefficient (Wildman–Crippen LogP) is 1.90. The van der Waals surface area contributed by atoms with Crippen molar-refractivity contribution in [2.75, 3.05) is 6.61 Å². The highest BCUT2D eigenvalue weighted by molar-refractivity contribution is 6.40. The fourth-order valence-electron chi connectivity index (χ4n) is 1.06. The first-order chi connectivity index (χ1) is 7.19. The maximum Gasteiger partial charge on any atom is 0.379 e. The normalized spacial score (nSPS) is 9.73. The van der Waals surface area contributed by atoms with Gasteiger partial charge in [-0.3, -0.25) is 4.79 Å². The molecule has 0 fully saturated rings. The number of hydrogen-bond donors (Lipinski definition) is 0. The molecule has 1 rings (SSSR count). The van der Waals surface area contributed by atoms with E-state index in [2.05, 4.69) is 4.74 Å². The highest BCUT2D eigenvalue weighted by atomic mass is 19.1. The van der Waals surface area contributed by atoms with Crippen molar-refractivity contribution in [2.45, 2.75) is 13.6 Å². The van der Waals surface area contributed by atoms with Crippen molar-refractivity contribution in [1.29, 1.82) is 0 Å². The van der Waals surface area contributed by atoms with E-state index in [0.717, 1.165) is 0 Å². The van der Waals surface area contributed by atoms with E-state index >= 15 is 0 Å². The topological polar surface area (TPSA) is 43.4 Å². The van der Waals surface area contributed by atoms with Crippen LogP contribution in [0.5, 0.6) is 0 Å². The van der Waals surface area contributed by atoms with Gasteiger partial charge in [-0.1, -0.05) is 24.3 Å². The third-order valence-corrected chi connectivity index (χ3v) is 1.83. The minimum absolute atomic E-state index is 0.160. The zero-order valence-corrected chi connectivity index (χ0v) is 8.33. The molecule has 0 radical (unpaired) electrons. The Labute approximate surface area is 86.9 Å². The van der Waals surface area contributed by atoms with Crippen LogP contribution < -0.4 is 0 Å². The lowest BCUT2D eigenvalue weighted by Gasteiger charge is -2.01. The summed E-state index contributed by atoms with van der Waals surface area (Å²) in [4.78, 5) is 22.4. The first-order valence-corrected chi connectivity index (χ1v) is 4.55. The van der Waals surface area contributed by atoms with E-state index in [1.165, 1.54) is 24.3 Å². The fourth-order valence-corrected chi connectivity index (χ4v) is 1.06. The van der Waals surface area contributed by atoms with Gasteiger partial charge >= 0.3 is 5.97 Å². The Morgan fingerprint density at radius 2 is 1.87 bits per heavy atom. The number of ether oxygens (including phenoxy) is 1. The van der Waals surface area contributed by atoms with Crippen LogP contribution in [0.2, 0.25) is 0 Å². The predicted molar refractivity (Wildman–Crippen MR) is 52.2 cm³/mol. The van der Waals surface area contributed by atoms with Crippen LogP contribution in [-0.2, 0) is 16.2 Å². The summed E-state index contributed by atoms with van der Waals surface area (Å²) in [5, 5.41) is 0. The Hall–Kier alpha value is -1.71. The lowest BCUT2D eigenvalue weighted by Crippen LogP contribution is -2.17. The number of ketones is 1. The second-order valence-electron chi connectivity index (χ2n) is 2.88. The van der Waals surface area contributed by atoms with Crippen molar-refractivity contribution in [1.82, 2.24) is 0 Å². The van der Waals surface area contributed by atoms with Gasteiger partial charge in [-0.15, -0.1) is 0 Å². The summed E-state index contributed by atoms with van der Waals surface area (Å²) >= 11 is 0. The summed E-state index contributed by atoms with van der Waals surface area (Å²) in [5.74, 6) is -1.59. The molecule has 0 aliphatic heterocycles. The second kappa shape index (κ2) is 5.24. The van der Waals surface area contributed by atoms with Gasteiger partial charge in [-0.05, 0) is 12.5 Å². The van der Waals surface area contributed by atoms with Gasteiger partial charge in [0.2, 0.25) is 0 Å². The van der Waals surface area contributed by atoms with E-state index in [-0.39, 0.29) is 12.2 Å². The molecule has 0 saturated heterocycles. The van der Waals surface area contributed by atoms with Crippen LogP contribution in [0.15, 0.2) is 24.3 Å². The summed E-state index contributed by atoms with van der Waals surface area (Å²) < 4.78 is 16.7. The van der Waals surface area contributed by atoms with Gasteiger partial charge in [0.1, 0.15) is 6.67 Å². The third kappa shape index (κ3) is 2.87. The van der Waals surface area contributed by atoms with Crippen molar-refractivity contribution in [3.63, 3.8) is 0 Å². The van der Waals surface area contributed by atoms with E-state index in [1.807, 2.05) is 0 Å². The van der Waals surface area contributed by atoms with E-state index in [4.69, 9.17) is 0 Å². The van der Waals surface area contributed by atoms with Crippen molar-refractivity contribution in [3.8, 4) is 0 Å². The number of halogens is 1. The van der Waals surface area contributed by atoms with Crippen LogP contribution in [0.25, 0.3) is 0 Å². The molecule has 80 valence electrons. The molecule has 0 bridgehead atoms. The average molecular weight is 210 g/mol. The molecule has 0 saturated carbocycles. The molecule has 15 heavy (non-hydrogen) atoms. The quantitative estimate of drug-likeness (QED) is 0.433. The van der Waals surface area contributed by atoms with Crippen LogP contribution in [0.3, 0.4) is 0 Å². The van der Waals surface area contributed by atoms with Crippen molar-refractivity contribution >= 4 is 11.8 Å². The summed E-state index contributed by atoms with van der Waals surface area (Å²) in [6.07, 6.45) is 0. The smallest absolute Gasteiger partial charge is 0.379 e. The number of carbonyl (C=O) groups excluding carboxylic acids is 2. The zero-order valence-electron chi connectivity index (χ0n) is 8.33. The molecule has 4 heteroatoms. The molecular weight excluding hydrogens is 199 g/mol. The molecule has 0 aliphatic rings. The number of esters is 1. The SMILES string of the molecule is CCOC(=O)C(=O)c1ccc(CF)cc1. The van der Waals surface area contributed by atoms with Gasteiger partial charge in [-0.25, -0.2) is 9.18 Å². The monoisotopic (exact) mass is 210 g/mol. The first kappa shape index (κ1) is 11.4. The van der Waals surface area contributed by atoms with Crippen molar-refractivity contribution < 1.29 is 18.7 Å². The molecule has 0 aromatic heterocycles. The molecule has 0 atom stereocenters. The van der Waals surface area contributed by atoms with Crippen LogP contribution >= 0.6 is 0 Å². The van der Waals surface area contributed by atoms with Crippen LogP contribution in [-0.4, -0.2) is 18.4 Å². The third-order valence-electron chi connectivity index (χ3n) is 1.83. The molecular formula is C11H11FO3. The maximum atomic E-state index is 12.2. The van der Waals surface area contributed by atoms with Gasteiger partial charge in [0.15, 0.2) is 0 Å². The second-order valence-corrected chi connectivity index (χ2v) is 2.88. The minimum Gasteiger partial charge on any atom is -0.460 e. The van der Waals surface area contributed by atoms with Crippen LogP contribution in [0.1, 0.15) is 22.8 Å². The number of alkyl halides is 1. The number of carbonyl (C=O) groups is 2. The van der Waals surface area contributed by atoms with Gasteiger partial charge in [0.25, 0.3) is 5.78 Å². The average Bonchev–Trinajstić information content (AvgIpc) is 2.28. The lowest BCUT2D eigenvalue weighted by molar-refractivity contribution is -0.137. The standard InChI is InChI=1S/C11H11FO3/c1-2-15-11(14)10(13)9-5-3-8(7-12)4-6-9/h3-6H,2,7H2,1H3. The Morgan fingerprint density at radius 3 is 2.33 bits per heavy atom. The highest BCUT2D eigenvalue weighted by Gasteiger charge is 2.16. The molecule has 0 spiro atoms. The minimum atomic E-state index is -0.884. The Morgan fingerprint density at radius 1 is 1.27 bits per heavy atom. The number of hydrogen-bond acceptors (Lipinski definition) is 3. The van der Waals surface area contributed by atoms with E-state index < -0.39 is 18.4 Å². The maximum absolute atomic E-state index is 12.2. The lowest BCUT2D eigenvalue weighted by atomic mass is 10.1. The Balaban J connectivity index is 2.78. The molecule has 3 nitrogen and oxygen atoms in total. The van der Waals surface area contributed by atoms with Crippen molar-refractivity contribution in [2.24, 2.45) is 0 Å². The zero-order chi connectivity index (χ0) is 11.3. The number of benzene rings is 1. The largest absolute Gasteiger partial charge is 0.460 e. The molecule has 0 N–H and O–H groups in total. The van der Waals surface area contributed by atoms with Gasteiger partial charge in [-0.2, -0.15) is 0 Å².